The Morgan fingerprint density at radius 1 is 1.69 bits per heavy atom. The van der Waals surface area contributed by atoms with Gasteiger partial charge < -0.3 is 4.90 Å². The van der Waals surface area contributed by atoms with Crippen molar-refractivity contribution in [1.29, 1.82) is 0 Å². The zero-order valence-electron chi connectivity index (χ0n) is 8.98. The Labute approximate surface area is 107 Å². The molecule has 1 aromatic rings. The highest BCUT2D eigenvalue weighted by molar-refractivity contribution is 9.10. The molecule has 0 radical (unpaired) electrons. The molecule has 16 heavy (non-hydrogen) atoms. The van der Waals surface area contributed by atoms with Crippen LogP contribution in [-0.4, -0.2) is 34.6 Å². The van der Waals surface area contributed by atoms with Gasteiger partial charge >= 0.3 is 0 Å². The lowest BCUT2D eigenvalue weighted by atomic mass is 10.2. The van der Waals surface area contributed by atoms with Gasteiger partial charge in [-0.3, -0.25) is 5.43 Å². The van der Waals surface area contributed by atoms with E-state index >= 15 is 0 Å². The first-order valence-electron chi connectivity index (χ1n) is 5.02. The number of hydrogen-bond donors (Lipinski definition) is 2. The van der Waals surface area contributed by atoms with E-state index in [1.807, 2.05) is 11.8 Å². The summed E-state index contributed by atoms with van der Waals surface area (Å²) in [6, 6.07) is 0.543. The molecule has 5 nitrogen and oxygen atoms in total. The van der Waals surface area contributed by atoms with E-state index < -0.39 is 0 Å². The molecule has 0 saturated carbocycles. The summed E-state index contributed by atoms with van der Waals surface area (Å²) in [4.78, 5) is 10.6. The number of halogens is 1. The van der Waals surface area contributed by atoms with Crippen molar-refractivity contribution in [2.45, 2.75) is 12.5 Å². The molecule has 1 aromatic heterocycles. The minimum absolute atomic E-state index is 0.440. The van der Waals surface area contributed by atoms with Gasteiger partial charge in [0, 0.05) is 25.0 Å². The minimum atomic E-state index is 0.440. The van der Waals surface area contributed by atoms with E-state index in [-0.39, 0.29) is 0 Å². The van der Waals surface area contributed by atoms with Crippen molar-refractivity contribution in [3.05, 3.63) is 10.7 Å². The van der Waals surface area contributed by atoms with E-state index in [1.54, 1.807) is 6.20 Å². The molecular weight excluding hydrogens is 290 g/mol. The number of rotatable bonds is 3. The zero-order valence-corrected chi connectivity index (χ0v) is 11.4. The monoisotopic (exact) mass is 303 g/mol. The molecule has 0 aliphatic carbocycles. The van der Waals surface area contributed by atoms with Gasteiger partial charge in [-0.2, -0.15) is 16.7 Å². The summed E-state index contributed by atoms with van der Waals surface area (Å²) >= 11 is 5.45. The number of nitrogens with one attached hydrogen (secondary N) is 1. The van der Waals surface area contributed by atoms with Gasteiger partial charge in [-0.25, -0.2) is 10.8 Å². The van der Waals surface area contributed by atoms with E-state index in [0.29, 0.717) is 12.0 Å². The van der Waals surface area contributed by atoms with Gasteiger partial charge in [-0.15, -0.1) is 0 Å². The molecular formula is C9H14BrN5S. The first-order valence-corrected chi connectivity index (χ1v) is 6.97. The molecule has 1 atom stereocenters. The molecule has 2 heterocycles. The van der Waals surface area contributed by atoms with Gasteiger partial charge in [-0.05, 0) is 28.1 Å². The summed E-state index contributed by atoms with van der Waals surface area (Å²) in [6.45, 7) is 0. The highest BCUT2D eigenvalue weighted by Gasteiger charge is 2.22. The number of nitrogens with zero attached hydrogens (tertiary/aromatic N) is 3. The van der Waals surface area contributed by atoms with Crippen molar-refractivity contribution in [2.75, 3.05) is 28.9 Å². The molecule has 1 unspecified atom stereocenters. The second-order valence-corrected chi connectivity index (χ2v) is 5.64. The fourth-order valence-electron chi connectivity index (χ4n) is 1.68. The molecule has 88 valence electrons. The smallest absolute Gasteiger partial charge is 0.239 e. The van der Waals surface area contributed by atoms with Crippen molar-refractivity contribution >= 4 is 39.5 Å². The van der Waals surface area contributed by atoms with E-state index in [1.165, 1.54) is 12.2 Å². The van der Waals surface area contributed by atoms with Gasteiger partial charge in [0.25, 0.3) is 0 Å². The maximum absolute atomic E-state index is 5.31. The standard InChI is InChI=1S/C9H14BrN5S/c1-15(6-2-3-16-5-6)8-7(10)4-12-9(13-8)14-11/h4,6H,2-3,5,11H2,1H3,(H,12,13,14). The fourth-order valence-corrected chi connectivity index (χ4v) is 3.41. The third-order valence-corrected chi connectivity index (χ3v) is 4.35. The summed E-state index contributed by atoms with van der Waals surface area (Å²) < 4.78 is 0.894. The molecule has 1 aliphatic rings. The molecule has 0 aromatic carbocycles. The van der Waals surface area contributed by atoms with Crippen LogP contribution in [0.1, 0.15) is 6.42 Å². The minimum Gasteiger partial charge on any atom is -0.355 e. The molecule has 0 amide bonds. The van der Waals surface area contributed by atoms with Crippen LogP contribution in [0.5, 0.6) is 0 Å². The molecule has 1 fully saturated rings. The second kappa shape index (κ2) is 5.20. The quantitative estimate of drug-likeness (QED) is 0.651. The summed E-state index contributed by atoms with van der Waals surface area (Å²) in [5, 5.41) is 0. The first kappa shape index (κ1) is 11.9. The largest absolute Gasteiger partial charge is 0.355 e. The Bertz CT molecular complexity index is 369. The predicted octanol–water partition coefficient (Wildman–Crippen LogP) is 1.47. The number of nitrogens with two attached hydrogens (primary N) is 1. The third-order valence-electron chi connectivity index (χ3n) is 2.64. The maximum Gasteiger partial charge on any atom is 0.239 e. The molecule has 0 spiro atoms. The first-order chi connectivity index (χ1) is 7.72. The van der Waals surface area contributed by atoms with Crippen LogP contribution in [0, 0.1) is 0 Å². The van der Waals surface area contributed by atoms with Gasteiger partial charge in [0.05, 0.1) is 4.47 Å². The number of thioether (sulfide) groups is 1. The van der Waals surface area contributed by atoms with E-state index in [4.69, 9.17) is 5.84 Å². The SMILES string of the molecule is CN(c1nc(NN)ncc1Br)C1CCSC1. The Morgan fingerprint density at radius 2 is 2.50 bits per heavy atom. The molecule has 2 rings (SSSR count). The summed E-state index contributed by atoms with van der Waals surface area (Å²) in [6.07, 6.45) is 2.92. The number of anilines is 2. The van der Waals surface area contributed by atoms with Crippen LogP contribution in [0.3, 0.4) is 0 Å². The summed E-state index contributed by atoms with van der Waals surface area (Å²) in [5.74, 6) is 9.01. The lowest BCUT2D eigenvalue weighted by Gasteiger charge is -2.25. The van der Waals surface area contributed by atoms with Crippen LogP contribution in [-0.2, 0) is 0 Å². The van der Waals surface area contributed by atoms with Crippen molar-refractivity contribution in [3.63, 3.8) is 0 Å². The lowest BCUT2D eigenvalue weighted by molar-refractivity contribution is 0.689. The average molecular weight is 304 g/mol. The highest BCUT2D eigenvalue weighted by atomic mass is 79.9. The molecule has 7 heteroatoms. The zero-order chi connectivity index (χ0) is 11.5. The van der Waals surface area contributed by atoms with Crippen LogP contribution in [0.4, 0.5) is 11.8 Å². The van der Waals surface area contributed by atoms with Crippen LogP contribution in [0.15, 0.2) is 10.7 Å². The van der Waals surface area contributed by atoms with E-state index in [2.05, 4.69) is 43.3 Å². The van der Waals surface area contributed by atoms with Crippen LogP contribution in [0.2, 0.25) is 0 Å². The van der Waals surface area contributed by atoms with Gasteiger partial charge in [-0.1, -0.05) is 0 Å². The Kier molecular flexibility index (Phi) is 3.88. The number of hydrazine groups is 1. The van der Waals surface area contributed by atoms with Crippen molar-refractivity contribution in [3.8, 4) is 0 Å². The Balaban J connectivity index is 2.23. The van der Waals surface area contributed by atoms with E-state index in [9.17, 15) is 0 Å². The number of nitrogen functional groups attached to an aromatic ring is 1. The number of hydrogen-bond acceptors (Lipinski definition) is 6. The van der Waals surface area contributed by atoms with Crippen LogP contribution >= 0.6 is 27.7 Å². The summed E-state index contributed by atoms with van der Waals surface area (Å²) in [7, 11) is 2.06. The Morgan fingerprint density at radius 3 is 3.12 bits per heavy atom. The molecule has 1 aliphatic heterocycles. The maximum atomic E-state index is 5.31. The highest BCUT2D eigenvalue weighted by Crippen LogP contribution is 2.29. The molecule has 0 bridgehead atoms. The summed E-state index contributed by atoms with van der Waals surface area (Å²) in [5.41, 5.74) is 2.47. The van der Waals surface area contributed by atoms with Crippen molar-refractivity contribution < 1.29 is 0 Å². The Hall–Kier alpha value is -0.530. The predicted molar refractivity (Wildman–Crippen MR) is 71.7 cm³/mol. The van der Waals surface area contributed by atoms with Gasteiger partial charge in [0.15, 0.2) is 0 Å². The van der Waals surface area contributed by atoms with Crippen molar-refractivity contribution in [2.24, 2.45) is 5.84 Å². The normalized spacial score (nSPS) is 19.8. The van der Waals surface area contributed by atoms with Gasteiger partial charge in [0.1, 0.15) is 5.82 Å². The fraction of sp³-hybridized carbons (Fsp3) is 0.556. The molecule has 3 N–H and O–H groups in total. The van der Waals surface area contributed by atoms with Crippen molar-refractivity contribution in [1.82, 2.24) is 9.97 Å². The molecule has 1 saturated heterocycles. The average Bonchev–Trinajstić information content (AvgIpc) is 2.82. The second-order valence-electron chi connectivity index (χ2n) is 3.64. The topological polar surface area (TPSA) is 67.1 Å². The lowest BCUT2D eigenvalue weighted by Crippen LogP contribution is -2.32. The van der Waals surface area contributed by atoms with Crippen LogP contribution in [0.25, 0.3) is 0 Å². The van der Waals surface area contributed by atoms with Gasteiger partial charge in [0.2, 0.25) is 5.95 Å². The number of aromatic nitrogens is 2. The van der Waals surface area contributed by atoms with Crippen LogP contribution < -0.4 is 16.2 Å². The third kappa shape index (κ3) is 2.41. The van der Waals surface area contributed by atoms with E-state index in [0.717, 1.165) is 16.0 Å².